The first-order chi connectivity index (χ1) is 15.2. The van der Waals surface area contributed by atoms with Gasteiger partial charge in [-0.25, -0.2) is 8.42 Å². The van der Waals surface area contributed by atoms with E-state index in [0.29, 0.717) is 29.2 Å². The van der Waals surface area contributed by atoms with Crippen molar-refractivity contribution in [2.75, 3.05) is 24.9 Å². The highest BCUT2D eigenvalue weighted by Gasteiger charge is 2.25. The van der Waals surface area contributed by atoms with E-state index in [0.717, 1.165) is 29.7 Å². The second kappa shape index (κ2) is 8.59. The minimum atomic E-state index is -3.96. The van der Waals surface area contributed by atoms with Crippen molar-refractivity contribution in [1.82, 2.24) is 9.47 Å². The molecule has 0 spiro atoms. The summed E-state index contributed by atoms with van der Waals surface area (Å²) in [5.41, 5.74) is 1.33. The summed E-state index contributed by atoms with van der Waals surface area (Å²) in [6.07, 6.45) is 1.86. The van der Waals surface area contributed by atoms with Gasteiger partial charge in [0.15, 0.2) is 0 Å². The zero-order chi connectivity index (χ0) is 23.0. The van der Waals surface area contributed by atoms with Crippen molar-refractivity contribution < 1.29 is 17.9 Å². The number of benzene rings is 2. The van der Waals surface area contributed by atoms with E-state index in [4.69, 9.17) is 4.74 Å². The number of methoxy groups -OCH3 is 1. The lowest BCUT2D eigenvalue weighted by Gasteiger charge is -2.18. The minimum absolute atomic E-state index is 0.00431. The largest absolute Gasteiger partial charge is 0.496 e. The highest BCUT2D eigenvalue weighted by atomic mass is 32.2. The fraction of sp³-hybridized carbons (Fsp3) is 0.364. The number of sulfonamides is 1. The number of ether oxygens (including phenoxy) is 1. The lowest BCUT2D eigenvalue weighted by Crippen LogP contribution is -2.28. The number of likely N-dealkylation sites (tertiary alicyclic amines) is 1. The van der Waals surface area contributed by atoms with E-state index < -0.39 is 10.0 Å². The molecule has 2 aromatic carbocycles. The molecular weight excluding hydrogens is 450 g/mol. The summed E-state index contributed by atoms with van der Waals surface area (Å²) < 4.78 is 36.4. The summed E-state index contributed by atoms with van der Waals surface area (Å²) >= 11 is 1.07. The van der Waals surface area contributed by atoms with Gasteiger partial charge >= 0.3 is 4.87 Å². The van der Waals surface area contributed by atoms with Crippen LogP contribution < -0.4 is 14.3 Å². The number of fused-ring (bicyclic) bond motifs is 1. The SMILES string of the molecule is COc1ccc(S(=O)(=O)Nc2ccc3c(c2)sc(=O)n3C(C)C)cc1C(=O)N1CCCC1. The normalized spacial score (nSPS) is 14.3. The van der Waals surface area contributed by atoms with Gasteiger partial charge in [0.05, 0.1) is 33.5 Å². The second-order valence-electron chi connectivity index (χ2n) is 7.98. The Morgan fingerprint density at radius 3 is 2.50 bits per heavy atom. The molecular formula is C22H25N3O5S2. The van der Waals surface area contributed by atoms with E-state index in [1.54, 1.807) is 27.7 Å². The topological polar surface area (TPSA) is 97.7 Å². The third-order valence-corrected chi connectivity index (χ3v) is 7.78. The van der Waals surface area contributed by atoms with Crippen LogP contribution in [0.25, 0.3) is 10.2 Å². The van der Waals surface area contributed by atoms with E-state index in [1.165, 1.54) is 25.3 Å². The number of rotatable bonds is 6. The molecule has 1 saturated heterocycles. The number of thiazole rings is 1. The standard InChI is InChI=1S/C22H25N3O5S2/c1-14(2)25-18-8-6-15(12-20(18)31-22(25)27)23-32(28,29)16-7-9-19(30-3)17(13-16)21(26)24-10-4-5-11-24/h6-9,12-14,23H,4-5,10-11H2,1-3H3. The Bertz CT molecular complexity index is 1340. The third kappa shape index (κ3) is 4.12. The van der Waals surface area contributed by atoms with Crippen molar-refractivity contribution in [2.24, 2.45) is 0 Å². The van der Waals surface area contributed by atoms with Crippen LogP contribution in [-0.4, -0.2) is 44.0 Å². The van der Waals surface area contributed by atoms with Gasteiger partial charge < -0.3 is 9.64 Å². The Balaban J connectivity index is 1.67. The van der Waals surface area contributed by atoms with Crippen LogP contribution in [0.15, 0.2) is 46.1 Å². The van der Waals surface area contributed by atoms with E-state index in [1.807, 2.05) is 13.8 Å². The molecule has 0 aliphatic carbocycles. The molecule has 32 heavy (non-hydrogen) atoms. The first-order valence-electron chi connectivity index (χ1n) is 10.4. The first-order valence-corrected chi connectivity index (χ1v) is 12.7. The molecule has 170 valence electrons. The Labute approximate surface area is 190 Å². The minimum Gasteiger partial charge on any atom is -0.496 e. The summed E-state index contributed by atoms with van der Waals surface area (Å²) in [6.45, 7) is 5.15. The Hall–Kier alpha value is -2.85. The molecule has 2 heterocycles. The molecule has 0 saturated carbocycles. The number of anilines is 1. The van der Waals surface area contributed by atoms with Crippen molar-refractivity contribution in [3.63, 3.8) is 0 Å². The van der Waals surface area contributed by atoms with Gasteiger partial charge in [0, 0.05) is 19.1 Å². The monoisotopic (exact) mass is 475 g/mol. The van der Waals surface area contributed by atoms with Crippen molar-refractivity contribution in [3.05, 3.63) is 51.6 Å². The molecule has 8 nitrogen and oxygen atoms in total. The van der Waals surface area contributed by atoms with Crippen LogP contribution in [0.3, 0.4) is 0 Å². The lowest BCUT2D eigenvalue weighted by atomic mass is 10.1. The maximum atomic E-state index is 13.1. The second-order valence-corrected chi connectivity index (χ2v) is 10.7. The maximum absolute atomic E-state index is 13.1. The van der Waals surface area contributed by atoms with Gasteiger partial charge in [-0.1, -0.05) is 11.3 Å². The van der Waals surface area contributed by atoms with Crippen LogP contribution in [0.2, 0.25) is 0 Å². The van der Waals surface area contributed by atoms with Crippen LogP contribution in [0, 0.1) is 0 Å². The molecule has 3 aromatic rings. The summed E-state index contributed by atoms with van der Waals surface area (Å²) in [5.74, 6) is 0.0969. The van der Waals surface area contributed by atoms with E-state index in [2.05, 4.69) is 4.72 Å². The van der Waals surface area contributed by atoms with Gasteiger partial charge in [-0.3, -0.25) is 18.9 Å². The van der Waals surface area contributed by atoms with Crippen LogP contribution in [-0.2, 0) is 10.0 Å². The van der Waals surface area contributed by atoms with Gasteiger partial charge in [0.2, 0.25) is 0 Å². The third-order valence-electron chi connectivity index (χ3n) is 5.49. The zero-order valence-corrected chi connectivity index (χ0v) is 19.8. The Morgan fingerprint density at radius 2 is 1.84 bits per heavy atom. The number of hydrogen-bond acceptors (Lipinski definition) is 6. The summed E-state index contributed by atoms with van der Waals surface area (Å²) in [5, 5.41) is 0. The summed E-state index contributed by atoms with van der Waals surface area (Å²) in [4.78, 5) is 26.7. The number of nitrogens with one attached hydrogen (secondary N) is 1. The van der Waals surface area contributed by atoms with E-state index in [9.17, 15) is 18.0 Å². The molecule has 1 amide bonds. The zero-order valence-electron chi connectivity index (χ0n) is 18.1. The fourth-order valence-electron chi connectivity index (χ4n) is 3.91. The molecule has 0 atom stereocenters. The highest BCUT2D eigenvalue weighted by Crippen LogP contribution is 2.28. The van der Waals surface area contributed by atoms with Gasteiger partial charge in [-0.05, 0) is 63.1 Å². The van der Waals surface area contributed by atoms with Crippen molar-refractivity contribution in [2.45, 2.75) is 37.6 Å². The summed E-state index contributed by atoms with van der Waals surface area (Å²) in [6, 6.07) is 9.28. The number of carbonyl (C=O) groups excluding carboxylic acids is 1. The average Bonchev–Trinajstić information content (AvgIpc) is 3.39. The average molecular weight is 476 g/mol. The molecule has 4 rings (SSSR count). The van der Waals surface area contributed by atoms with Crippen molar-refractivity contribution >= 4 is 43.2 Å². The van der Waals surface area contributed by atoms with Crippen molar-refractivity contribution in [1.29, 1.82) is 0 Å². The Morgan fingerprint density at radius 1 is 1.12 bits per heavy atom. The number of amides is 1. The smallest absolute Gasteiger partial charge is 0.308 e. The molecule has 0 bridgehead atoms. The molecule has 1 fully saturated rings. The molecule has 1 aliphatic rings. The van der Waals surface area contributed by atoms with Crippen LogP contribution in [0.1, 0.15) is 43.1 Å². The number of aromatic nitrogens is 1. The fourth-order valence-corrected chi connectivity index (χ4v) is 6.04. The summed E-state index contributed by atoms with van der Waals surface area (Å²) in [7, 11) is -2.51. The van der Waals surface area contributed by atoms with Gasteiger partial charge in [-0.15, -0.1) is 0 Å². The number of carbonyl (C=O) groups is 1. The molecule has 1 aromatic heterocycles. The molecule has 0 radical (unpaired) electrons. The van der Waals surface area contributed by atoms with Gasteiger partial charge in [-0.2, -0.15) is 0 Å². The molecule has 10 heteroatoms. The first kappa shape index (κ1) is 22.3. The van der Waals surface area contributed by atoms with E-state index >= 15 is 0 Å². The van der Waals surface area contributed by atoms with Crippen LogP contribution in [0.5, 0.6) is 5.75 Å². The van der Waals surface area contributed by atoms with E-state index in [-0.39, 0.29) is 27.3 Å². The van der Waals surface area contributed by atoms with Crippen LogP contribution in [0.4, 0.5) is 5.69 Å². The van der Waals surface area contributed by atoms with Gasteiger partial charge in [0.25, 0.3) is 15.9 Å². The molecule has 0 unspecified atom stereocenters. The highest BCUT2D eigenvalue weighted by molar-refractivity contribution is 7.92. The predicted octanol–water partition coefficient (Wildman–Crippen LogP) is 3.69. The predicted molar refractivity (Wildman–Crippen MR) is 125 cm³/mol. The lowest BCUT2D eigenvalue weighted by molar-refractivity contribution is 0.0789. The Kier molecular flexibility index (Phi) is 6.00. The number of hydrogen-bond donors (Lipinski definition) is 1. The maximum Gasteiger partial charge on any atom is 0.308 e. The van der Waals surface area contributed by atoms with Crippen molar-refractivity contribution in [3.8, 4) is 5.75 Å². The molecule has 1 aliphatic heterocycles. The molecule has 1 N–H and O–H groups in total. The van der Waals surface area contributed by atoms with Crippen LogP contribution >= 0.6 is 11.3 Å². The quantitative estimate of drug-likeness (QED) is 0.586. The van der Waals surface area contributed by atoms with Gasteiger partial charge in [0.1, 0.15) is 5.75 Å². The number of nitrogens with zero attached hydrogens (tertiary/aromatic N) is 2.